The second-order valence-corrected chi connectivity index (χ2v) is 5.34. The number of hydrogen-bond acceptors (Lipinski definition) is 6. The zero-order valence-electron chi connectivity index (χ0n) is 11.8. The van der Waals surface area contributed by atoms with Crippen LogP contribution in [0.4, 0.5) is 17.5 Å². The standard InChI is InChI=1S/C14H16N6O/c1-14(2,21)10-6-9(5-8-7-17-20-12(8)10)18-11-3-4-16-13(15)19-11/h3-7,21H,1-2H3,(H,17,20)(H3,15,16,18,19). The van der Waals surface area contributed by atoms with Gasteiger partial charge in [0.05, 0.1) is 17.3 Å². The molecular formula is C14H16N6O. The van der Waals surface area contributed by atoms with Gasteiger partial charge in [0.1, 0.15) is 5.82 Å². The molecule has 0 aliphatic carbocycles. The summed E-state index contributed by atoms with van der Waals surface area (Å²) in [6, 6.07) is 5.50. The van der Waals surface area contributed by atoms with E-state index in [9.17, 15) is 5.11 Å². The number of anilines is 3. The van der Waals surface area contributed by atoms with Crippen LogP contribution in [0.5, 0.6) is 0 Å². The molecule has 108 valence electrons. The van der Waals surface area contributed by atoms with Crippen LogP contribution in [-0.2, 0) is 5.60 Å². The molecular weight excluding hydrogens is 268 g/mol. The molecule has 2 aromatic heterocycles. The first kappa shape index (κ1) is 13.3. The second kappa shape index (κ2) is 4.71. The first-order valence-corrected chi connectivity index (χ1v) is 6.49. The predicted molar refractivity (Wildman–Crippen MR) is 81.1 cm³/mol. The van der Waals surface area contributed by atoms with E-state index < -0.39 is 5.60 Å². The van der Waals surface area contributed by atoms with Gasteiger partial charge in [0.25, 0.3) is 0 Å². The maximum Gasteiger partial charge on any atom is 0.221 e. The molecule has 1 aromatic carbocycles. The number of aromatic nitrogens is 4. The zero-order chi connectivity index (χ0) is 15.0. The molecule has 2 heterocycles. The van der Waals surface area contributed by atoms with Crippen molar-refractivity contribution in [3.05, 3.63) is 36.2 Å². The number of H-pyrrole nitrogens is 1. The number of nitrogen functional groups attached to an aromatic ring is 1. The van der Waals surface area contributed by atoms with Gasteiger partial charge >= 0.3 is 0 Å². The molecule has 0 aliphatic rings. The number of nitrogens with one attached hydrogen (secondary N) is 2. The maximum atomic E-state index is 10.3. The molecule has 7 nitrogen and oxygen atoms in total. The highest BCUT2D eigenvalue weighted by Crippen LogP contribution is 2.31. The van der Waals surface area contributed by atoms with E-state index in [-0.39, 0.29) is 5.95 Å². The van der Waals surface area contributed by atoms with Gasteiger partial charge in [-0.2, -0.15) is 10.1 Å². The third kappa shape index (κ3) is 2.63. The molecule has 0 spiro atoms. The SMILES string of the molecule is CC(C)(O)c1cc(Nc2ccnc(N)n2)cc2cn[nH]c12. The van der Waals surface area contributed by atoms with Crippen LogP contribution in [0.3, 0.4) is 0 Å². The summed E-state index contributed by atoms with van der Waals surface area (Å²) in [4.78, 5) is 7.95. The fraction of sp³-hybridized carbons (Fsp3) is 0.214. The molecule has 0 radical (unpaired) electrons. The molecule has 3 rings (SSSR count). The third-order valence-electron chi connectivity index (χ3n) is 3.15. The topological polar surface area (TPSA) is 113 Å². The Bertz CT molecular complexity index is 790. The molecule has 0 aliphatic heterocycles. The van der Waals surface area contributed by atoms with Crippen molar-refractivity contribution in [3.63, 3.8) is 0 Å². The molecule has 21 heavy (non-hydrogen) atoms. The fourth-order valence-electron chi connectivity index (χ4n) is 2.20. The van der Waals surface area contributed by atoms with Gasteiger partial charge in [-0.15, -0.1) is 0 Å². The first-order chi connectivity index (χ1) is 9.93. The first-order valence-electron chi connectivity index (χ1n) is 6.49. The number of fused-ring (bicyclic) bond motifs is 1. The highest BCUT2D eigenvalue weighted by molar-refractivity contribution is 5.86. The lowest BCUT2D eigenvalue weighted by Gasteiger charge is -2.20. The lowest BCUT2D eigenvalue weighted by atomic mass is 9.95. The van der Waals surface area contributed by atoms with E-state index in [1.807, 2.05) is 12.1 Å². The molecule has 0 amide bonds. The van der Waals surface area contributed by atoms with Crippen molar-refractivity contribution < 1.29 is 5.11 Å². The van der Waals surface area contributed by atoms with Crippen LogP contribution in [0.25, 0.3) is 10.9 Å². The number of benzene rings is 1. The van der Waals surface area contributed by atoms with E-state index in [2.05, 4.69) is 25.5 Å². The molecule has 0 bridgehead atoms. The maximum absolute atomic E-state index is 10.3. The Morgan fingerprint density at radius 2 is 2.14 bits per heavy atom. The van der Waals surface area contributed by atoms with Gasteiger partial charge in [-0.25, -0.2) is 4.98 Å². The molecule has 3 aromatic rings. The van der Waals surface area contributed by atoms with Crippen LogP contribution < -0.4 is 11.1 Å². The van der Waals surface area contributed by atoms with Crippen molar-refractivity contribution >= 4 is 28.4 Å². The number of nitrogens with zero attached hydrogens (tertiary/aromatic N) is 3. The molecule has 0 fully saturated rings. The Balaban J connectivity index is 2.07. The molecule has 0 saturated heterocycles. The summed E-state index contributed by atoms with van der Waals surface area (Å²) in [6.45, 7) is 3.46. The van der Waals surface area contributed by atoms with Crippen molar-refractivity contribution in [2.45, 2.75) is 19.4 Å². The summed E-state index contributed by atoms with van der Waals surface area (Å²) in [6.07, 6.45) is 3.29. The number of rotatable bonds is 3. The molecule has 7 heteroatoms. The number of nitrogens with two attached hydrogens (primary N) is 1. The van der Waals surface area contributed by atoms with E-state index in [0.717, 1.165) is 22.2 Å². The quantitative estimate of drug-likeness (QED) is 0.584. The van der Waals surface area contributed by atoms with E-state index in [0.29, 0.717) is 5.82 Å². The minimum Gasteiger partial charge on any atom is -0.386 e. The summed E-state index contributed by atoms with van der Waals surface area (Å²) in [5.41, 5.74) is 6.93. The largest absolute Gasteiger partial charge is 0.386 e. The minimum absolute atomic E-state index is 0.201. The van der Waals surface area contributed by atoms with Gasteiger partial charge < -0.3 is 16.2 Å². The smallest absolute Gasteiger partial charge is 0.221 e. The van der Waals surface area contributed by atoms with Crippen molar-refractivity contribution in [1.82, 2.24) is 20.2 Å². The summed E-state index contributed by atoms with van der Waals surface area (Å²) >= 11 is 0. The fourth-order valence-corrected chi connectivity index (χ4v) is 2.20. The van der Waals surface area contributed by atoms with E-state index in [1.165, 1.54) is 0 Å². The van der Waals surface area contributed by atoms with Gasteiger partial charge in [-0.3, -0.25) is 5.10 Å². The van der Waals surface area contributed by atoms with Gasteiger partial charge in [0.15, 0.2) is 0 Å². The number of aromatic amines is 1. The normalized spacial score (nSPS) is 11.8. The van der Waals surface area contributed by atoms with Crippen molar-refractivity contribution in [1.29, 1.82) is 0 Å². The van der Waals surface area contributed by atoms with Crippen molar-refractivity contribution in [3.8, 4) is 0 Å². The molecule has 0 unspecified atom stereocenters. The van der Waals surface area contributed by atoms with Gasteiger partial charge in [-0.1, -0.05) is 0 Å². The average molecular weight is 284 g/mol. The summed E-state index contributed by atoms with van der Waals surface area (Å²) in [5.74, 6) is 0.791. The minimum atomic E-state index is -0.993. The zero-order valence-corrected chi connectivity index (χ0v) is 11.8. The lowest BCUT2D eigenvalue weighted by molar-refractivity contribution is 0.0800. The van der Waals surface area contributed by atoms with Crippen molar-refractivity contribution in [2.24, 2.45) is 0 Å². The van der Waals surface area contributed by atoms with Gasteiger partial charge in [0, 0.05) is 22.8 Å². The lowest BCUT2D eigenvalue weighted by Crippen LogP contribution is -2.16. The van der Waals surface area contributed by atoms with Crippen LogP contribution in [-0.4, -0.2) is 25.3 Å². The number of hydrogen-bond donors (Lipinski definition) is 4. The van der Waals surface area contributed by atoms with Crippen LogP contribution in [0.1, 0.15) is 19.4 Å². The van der Waals surface area contributed by atoms with Crippen LogP contribution >= 0.6 is 0 Å². The predicted octanol–water partition coefficient (Wildman–Crippen LogP) is 1.91. The van der Waals surface area contributed by atoms with Crippen LogP contribution in [0.2, 0.25) is 0 Å². The Kier molecular flexibility index (Phi) is 2.99. The highest BCUT2D eigenvalue weighted by atomic mass is 16.3. The third-order valence-corrected chi connectivity index (χ3v) is 3.15. The Labute approximate surface area is 121 Å². The summed E-state index contributed by atoms with van der Waals surface area (Å²) in [7, 11) is 0. The average Bonchev–Trinajstić information content (AvgIpc) is 2.84. The summed E-state index contributed by atoms with van der Waals surface area (Å²) in [5, 5.41) is 21.3. The second-order valence-electron chi connectivity index (χ2n) is 5.34. The van der Waals surface area contributed by atoms with Gasteiger partial charge in [-0.05, 0) is 32.0 Å². The number of aliphatic hydroxyl groups is 1. The highest BCUT2D eigenvalue weighted by Gasteiger charge is 2.21. The molecule has 0 saturated carbocycles. The van der Waals surface area contributed by atoms with Crippen LogP contribution in [0.15, 0.2) is 30.6 Å². The van der Waals surface area contributed by atoms with E-state index >= 15 is 0 Å². The monoisotopic (exact) mass is 284 g/mol. The van der Waals surface area contributed by atoms with Crippen LogP contribution in [0, 0.1) is 0 Å². The molecule has 0 atom stereocenters. The molecule has 5 N–H and O–H groups in total. The van der Waals surface area contributed by atoms with Crippen molar-refractivity contribution in [2.75, 3.05) is 11.1 Å². The Morgan fingerprint density at radius 3 is 2.86 bits per heavy atom. The Morgan fingerprint density at radius 1 is 1.33 bits per heavy atom. The van der Waals surface area contributed by atoms with E-state index in [1.54, 1.807) is 32.3 Å². The summed E-state index contributed by atoms with van der Waals surface area (Å²) < 4.78 is 0. The van der Waals surface area contributed by atoms with E-state index in [4.69, 9.17) is 5.73 Å². The van der Waals surface area contributed by atoms with Gasteiger partial charge in [0.2, 0.25) is 5.95 Å². The Hall–Kier alpha value is -2.67.